The summed E-state index contributed by atoms with van der Waals surface area (Å²) in [6.45, 7) is 9.92. The molecule has 2 aliphatic rings. The third kappa shape index (κ3) is 5.46. The number of nitrogens with zero attached hydrogens (tertiary/aromatic N) is 6. The lowest BCUT2D eigenvalue weighted by atomic mass is 10.1. The fraction of sp³-hybridized carbons (Fsp3) is 0.524. The number of anilines is 1. The van der Waals surface area contributed by atoms with Gasteiger partial charge in [-0.1, -0.05) is 24.3 Å². The Labute approximate surface area is 177 Å². The lowest BCUT2D eigenvalue weighted by Crippen LogP contribution is -2.51. The molecule has 0 amide bonds. The number of hydrogen-bond donors (Lipinski definition) is 1. The molecule has 0 saturated carbocycles. The highest BCUT2D eigenvalue weighted by atomic mass is 32.1. The topological polar surface area (TPSA) is 64.2 Å². The summed E-state index contributed by atoms with van der Waals surface area (Å²) in [7, 11) is 2.19. The van der Waals surface area contributed by atoms with Gasteiger partial charge in [0.15, 0.2) is 11.1 Å². The van der Waals surface area contributed by atoms with E-state index in [2.05, 4.69) is 60.9 Å². The third-order valence-corrected chi connectivity index (χ3v) is 6.57. The highest BCUT2D eigenvalue weighted by Crippen LogP contribution is 2.19. The number of hydrogen-bond acceptors (Lipinski definition) is 6. The predicted molar refractivity (Wildman–Crippen MR) is 120 cm³/mol. The van der Waals surface area contributed by atoms with Crippen LogP contribution in [0.25, 0.3) is 0 Å². The van der Waals surface area contributed by atoms with Crippen molar-refractivity contribution in [3.8, 4) is 0 Å². The molecule has 1 aromatic heterocycles. The number of nitrogens with two attached hydrogens (primary N) is 1. The second kappa shape index (κ2) is 9.56. The normalized spacial score (nSPS) is 19.7. The minimum Gasteiger partial charge on any atom is -0.370 e. The van der Waals surface area contributed by atoms with Crippen LogP contribution in [0.15, 0.2) is 40.8 Å². The average Bonchev–Trinajstić information content (AvgIpc) is 3.30. The molecule has 4 rings (SSSR count). The first-order valence-corrected chi connectivity index (χ1v) is 11.2. The Hall–Kier alpha value is -2.16. The number of likely N-dealkylation sites (N-methyl/N-ethyl adjacent to an activating group) is 1. The highest BCUT2D eigenvalue weighted by Gasteiger charge is 2.19. The molecule has 0 radical (unpaired) electrons. The Morgan fingerprint density at radius 3 is 2.34 bits per heavy atom. The van der Waals surface area contributed by atoms with Crippen LogP contribution in [0.3, 0.4) is 0 Å². The van der Waals surface area contributed by atoms with Gasteiger partial charge in [0.1, 0.15) is 0 Å². The maximum Gasteiger partial charge on any atom is 0.191 e. The van der Waals surface area contributed by atoms with Crippen molar-refractivity contribution in [1.82, 2.24) is 19.7 Å². The molecule has 2 fully saturated rings. The van der Waals surface area contributed by atoms with Crippen molar-refractivity contribution < 1.29 is 0 Å². The standard InChI is InChI=1S/C21H31N7S/c1-25-7-9-26(10-8-25)17-19-4-2-18(3-5-19)16-24-20(22)27-11-13-28(14-12-27)21-23-6-15-29-21/h2-6,15H,7-14,16-17H2,1H3,(H2,22,24). The first-order chi connectivity index (χ1) is 14.2. The van der Waals surface area contributed by atoms with Crippen LogP contribution in [0.4, 0.5) is 5.13 Å². The van der Waals surface area contributed by atoms with E-state index in [-0.39, 0.29) is 0 Å². The van der Waals surface area contributed by atoms with Gasteiger partial charge >= 0.3 is 0 Å². The number of benzene rings is 1. The SMILES string of the molecule is CN1CCN(Cc2ccc(CN=C(N)N3CCN(c4nccs4)CC3)cc2)CC1. The van der Waals surface area contributed by atoms with Crippen LogP contribution in [0.1, 0.15) is 11.1 Å². The molecule has 0 unspecified atom stereocenters. The van der Waals surface area contributed by atoms with Crippen molar-refractivity contribution in [3.63, 3.8) is 0 Å². The van der Waals surface area contributed by atoms with Crippen LogP contribution in [0.2, 0.25) is 0 Å². The minimum absolute atomic E-state index is 0.632. The van der Waals surface area contributed by atoms with Gasteiger partial charge in [0.05, 0.1) is 6.54 Å². The van der Waals surface area contributed by atoms with E-state index in [1.165, 1.54) is 11.1 Å². The van der Waals surface area contributed by atoms with E-state index in [9.17, 15) is 0 Å². The Morgan fingerprint density at radius 1 is 1.00 bits per heavy atom. The number of thiazole rings is 1. The molecular formula is C21H31N7S. The number of guanidine groups is 1. The van der Waals surface area contributed by atoms with Crippen LogP contribution in [0.5, 0.6) is 0 Å². The van der Waals surface area contributed by atoms with Gasteiger partial charge < -0.3 is 20.4 Å². The van der Waals surface area contributed by atoms with Crippen LogP contribution < -0.4 is 10.6 Å². The summed E-state index contributed by atoms with van der Waals surface area (Å²) in [5.74, 6) is 0.644. The van der Waals surface area contributed by atoms with Gasteiger partial charge in [-0.3, -0.25) is 4.90 Å². The van der Waals surface area contributed by atoms with Crippen molar-refractivity contribution in [1.29, 1.82) is 0 Å². The average molecular weight is 414 g/mol. The van der Waals surface area contributed by atoms with E-state index in [0.29, 0.717) is 12.5 Å². The van der Waals surface area contributed by atoms with Crippen molar-refractivity contribution in [3.05, 3.63) is 47.0 Å². The Balaban J connectivity index is 1.24. The lowest BCUT2D eigenvalue weighted by molar-refractivity contribution is 0.148. The van der Waals surface area contributed by atoms with Gasteiger partial charge in [-0.25, -0.2) is 9.98 Å². The zero-order chi connectivity index (χ0) is 20.1. The molecule has 0 spiro atoms. The summed E-state index contributed by atoms with van der Waals surface area (Å²) in [6.07, 6.45) is 1.86. The van der Waals surface area contributed by atoms with Crippen LogP contribution in [0, 0.1) is 0 Å². The summed E-state index contributed by atoms with van der Waals surface area (Å²) < 4.78 is 0. The molecule has 7 nitrogen and oxygen atoms in total. The summed E-state index contributed by atoms with van der Waals surface area (Å²) in [4.78, 5) is 18.4. The van der Waals surface area contributed by atoms with Crippen LogP contribution in [-0.2, 0) is 13.1 Å². The van der Waals surface area contributed by atoms with Gasteiger partial charge in [-0.2, -0.15) is 0 Å². The van der Waals surface area contributed by atoms with Crippen molar-refractivity contribution in [2.75, 3.05) is 64.3 Å². The van der Waals surface area contributed by atoms with E-state index >= 15 is 0 Å². The van der Waals surface area contributed by atoms with E-state index in [4.69, 9.17) is 5.73 Å². The van der Waals surface area contributed by atoms with Crippen molar-refractivity contribution >= 4 is 22.4 Å². The van der Waals surface area contributed by atoms with Crippen molar-refractivity contribution in [2.24, 2.45) is 10.7 Å². The molecule has 2 aromatic rings. The van der Waals surface area contributed by atoms with Gasteiger partial charge in [0, 0.05) is 70.5 Å². The Bertz CT molecular complexity index is 774. The minimum atomic E-state index is 0.632. The van der Waals surface area contributed by atoms with Gasteiger partial charge in [-0.15, -0.1) is 11.3 Å². The molecule has 0 bridgehead atoms. The molecular weight excluding hydrogens is 382 g/mol. The zero-order valence-corrected chi connectivity index (χ0v) is 18.0. The fourth-order valence-electron chi connectivity index (χ4n) is 3.79. The molecule has 8 heteroatoms. The summed E-state index contributed by atoms with van der Waals surface area (Å²) in [5, 5.41) is 3.12. The predicted octanol–water partition coefficient (Wildman–Crippen LogP) is 1.53. The summed E-state index contributed by atoms with van der Waals surface area (Å²) in [6, 6.07) is 8.82. The molecule has 2 N–H and O–H groups in total. The molecule has 29 heavy (non-hydrogen) atoms. The van der Waals surface area contributed by atoms with Crippen LogP contribution in [-0.4, -0.2) is 85.0 Å². The second-order valence-corrected chi connectivity index (χ2v) is 8.73. The monoisotopic (exact) mass is 413 g/mol. The first kappa shape index (κ1) is 20.1. The lowest BCUT2D eigenvalue weighted by Gasteiger charge is -2.35. The van der Waals surface area contributed by atoms with E-state index in [1.54, 1.807) is 11.3 Å². The molecule has 2 aliphatic heterocycles. The maximum absolute atomic E-state index is 6.26. The number of rotatable bonds is 5. The molecule has 1 aromatic carbocycles. The van der Waals surface area contributed by atoms with E-state index in [1.807, 2.05) is 11.6 Å². The van der Waals surface area contributed by atoms with Crippen molar-refractivity contribution in [2.45, 2.75) is 13.1 Å². The Kier molecular flexibility index (Phi) is 6.63. The molecule has 2 saturated heterocycles. The first-order valence-electron chi connectivity index (χ1n) is 10.4. The maximum atomic E-state index is 6.26. The van der Waals surface area contributed by atoms with Gasteiger partial charge in [-0.05, 0) is 18.2 Å². The number of piperazine rings is 2. The molecule has 3 heterocycles. The fourth-order valence-corrected chi connectivity index (χ4v) is 4.48. The molecule has 0 atom stereocenters. The van der Waals surface area contributed by atoms with E-state index in [0.717, 1.165) is 64.0 Å². The summed E-state index contributed by atoms with van der Waals surface area (Å²) in [5.41, 5.74) is 8.83. The van der Waals surface area contributed by atoms with Gasteiger partial charge in [0.2, 0.25) is 0 Å². The molecule has 0 aliphatic carbocycles. The third-order valence-electron chi connectivity index (χ3n) is 5.74. The Morgan fingerprint density at radius 2 is 1.69 bits per heavy atom. The largest absolute Gasteiger partial charge is 0.370 e. The highest BCUT2D eigenvalue weighted by molar-refractivity contribution is 7.13. The van der Waals surface area contributed by atoms with Gasteiger partial charge in [0.25, 0.3) is 0 Å². The van der Waals surface area contributed by atoms with Crippen LogP contribution >= 0.6 is 11.3 Å². The summed E-state index contributed by atoms with van der Waals surface area (Å²) >= 11 is 1.69. The van der Waals surface area contributed by atoms with E-state index < -0.39 is 0 Å². The number of aliphatic imine (C=N–C) groups is 1. The zero-order valence-electron chi connectivity index (χ0n) is 17.2. The quantitative estimate of drug-likeness (QED) is 0.592. The number of aromatic nitrogens is 1. The smallest absolute Gasteiger partial charge is 0.191 e. The second-order valence-electron chi connectivity index (χ2n) is 7.86. The molecule has 156 valence electrons.